The quantitative estimate of drug-likeness (QED) is 0.657. The molecule has 0 spiro atoms. The Bertz CT molecular complexity index is 677. The molecule has 6 nitrogen and oxygen atoms in total. The van der Waals surface area contributed by atoms with E-state index in [2.05, 4.69) is 25.3 Å². The number of nitrogens with one attached hydrogen (secondary N) is 2. The number of anilines is 2. The van der Waals surface area contributed by atoms with Gasteiger partial charge >= 0.3 is 0 Å². The van der Waals surface area contributed by atoms with Gasteiger partial charge in [0.2, 0.25) is 0 Å². The Hall–Kier alpha value is -2.63. The first-order valence-electron chi connectivity index (χ1n) is 6.06. The van der Waals surface area contributed by atoms with Crippen LogP contribution in [0.3, 0.4) is 0 Å². The van der Waals surface area contributed by atoms with E-state index in [9.17, 15) is 0 Å². The summed E-state index contributed by atoms with van der Waals surface area (Å²) in [6.07, 6.45) is 4.30. The van der Waals surface area contributed by atoms with Crippen LogP contribution in [0, 0.1) is 0 Å². The SMILES string of the molecule is Nc1nc2ccccc2nc1NCCc1cnc[nH]1. The summed E-state index contributed by atoms with van der Waals surface area (Å²) in [5.41, 5.74) is 8.60. The molecule has 0 aliphatic carbocycles. The zero-order valence-corrected chi connectivity index (χ0v) is 10.3. The minimum absolute atomic E-state index is 0.420. The summed E-state index contributed by atoms with van der Waals surface area (Å²) in [6, 6.07) is 7.66. The third-order valence-corrected chi connectivity index (χ3v) is 2.84. The largest absolute Gasteiger partial charge is 0.381 e. The van der Waals surface area contributed by atoms with E-state index in [0.29, 0.717) is 11.6 Å². The van der Waals surface area contributed by atoms with Gasteiger partial charge in [-0.15, -0.1) is 0 Å². The maximum atomic E-state index is 5.89. The molecule has 0 radical (unpaired) electrons. The van der Waals surface area contributed by atoms with Gasteiger partial charge in [0.25, 0.3) is 0 Å². The van der Waals surface area contributed by atoms with Crippen molar-refractivity contribution in [2.45, 2.75) is 6.42 Å². The number of benzene rings is 1. The number of fused-ring (bicyclic) bond motifs is 1. The van der Waals surface area contributed by atoms with E-state index in [1.165, 1.54) is 0 Å². The smallest absolute Gasteiger partial charge is 0.169 e. The lowest BCUT2D eigenvalue weighted by Crippen LogP contribution is -2.10. The lowest BCUT2D eigenvalue weighted by molar-refractivity contribution is 0.969. The van der Waals surface area contributed by atoms with Crippen LogP contribution in [0.2, 0.25) is 0 Å². The molecule has 0 fully saturated rings. The van der Waals surface area contributed by atoms with E-state index in [-0.39, 0.29) is 0 Å². The van der Waals surface area contributed by atoms with Crippen LogP contribution in [0.1, 0.15) is 5.69 Å². The number of para-hydroxylation sites is 2. The number of aromatic nitrogens is 4. The van der Waals surface area contributed by atoms with Crippen molar-refractivity contribution in [1.82, 2.24) is 19.9 Å². The summed E-state index contributed by atoms with van der Waals surface area (Å²) in [7, 11) is 0. The van der Waals surface area contributed by atoms with Crippen LogP contribution in [-0.2, 0) is 6.42 Å². The predicted octanol–water partition coefficient (Wildman–Crippen LogP) is 1.59. The van der Waals surface area contributed by atoms with Gasteiger partial charge in [-0.3, -0.25) is 0 Å². The van der Waals surface area contributed by atoms with Crippen molar-refractivity contribution in [1.29, 1.82) is 0 Å². The summed E-state index contributed by atoms with van der Waals surface area (Å²) < 4.78 is 0. The highest BCUT2D eigenvalue weighted by Crippen LogP contribution is 2.18. The second-order valence-electron chi connectivity index (χ2n) is 4.20. The molecule has 2 aromatic heterocycles. The molecule has 0 aliphatic heterocycles. The molecule has 96 valence electrons. The molecule has 0 bridgehead atoms. The fourth-order valence-corrected chi connectivity index (χ4v) is 1.88. The zero-order chi connectivity index (χ0) is 13.1. The van der Waals surface area contributed by atoms with Gasteiger partial charge in [0.05, 0.1) is 17.4 Å². The maximum absolute atomic E-state index is 5.89. The van der Waals surface area contributed by atoms with Crippen LogP contribution in [0.25, 0.3) is 11.0 Å². The van der Waals surface area contributed by atoms with Gasteiger partial charge in [-0.25, -0.2) is 15.0 Å². The molecule has 0 aliphatic rings. The number of aromatic amines is 1. The Balaban J connectivity index is 1.75. The first kappa shape index (κ1) is 11.5. The predicted molar refractivity (Wildman–Crippen MR) is 74.7 cm³/mol. The van der Waals surface area contributed by atoms with Gasteiger partial charge in [-0.05, 0) is 12.1 Å². The fourth-order valence-electron chi connectivity index (χ4n) is 1.88. The van der Waals surface area contributed by atoms with Gasteiger partial charge in [0, 0.05) is 24.9 Å². The van der Waals surface area contributed by atoms with E-state index in [0.717, 1.165) is 29.7 Å². The van der Waals surface area contributed by atoms with Crippen LogP contribution in [0.4, 0.5) is 11.6 Å². The number of hydrogen-bond acceptors (Lipinski definition) is 5. The topological polar surface area (TPSA) is 92.5 Å². The maximum Gasteiger partial charge on any atom is 0.169 e. The van der Waals surface area contributed by atoms with Crippen molar-refractivity contribution >= 4 is 22.7 Å². The summed E-state index contributed by atoms with van der Waals surface area (Å²) >= 11 is 0. The van der Waals surface area contributed by atoms with Crippen molar-refractivity contribution in [2.24, 2.45) is 0 Å². The molecular weight excluding hydrogens is 240 g/mol. The molecule has 4 N–H and O–H groups in total. The molecule has 0 saturated heterocycles. The average Bonchev–Trinajstić information content (AvgIpc) is 2.92. The normalized spacial score (nSPS) is 10.7. The number of H-pyrrole nitrogens is 1. The first-order valence-corrected chi connectivity index (χ1v) is 6.06. The van der Waals surface area contributed by atoms with E-state index < -0.39 is 0 Å². The molecule has 1 aromatic carbocycles. The van der Waals surface area contributed by atoms with Gasteiger partial charge in [0.15, 0.2) is 11.6 Å². The Morgan fingerprint density at radius 1 is 1.16 bits per heavy atom. The van der Waals surface area contributed by atoms with E-state index in [1.807, 2.05) is 24.3 Å². The van der Waals surface area contributed by atoms with Crippen LogP contribution in [0.5, 0.6) is 0 Å². The third kappa shape index (κ3) is 2.47. The number of hydrogen-bond donors (Lipinski definition) is 3. The van der Waals surface area contributed by atoms with Crippen LogP contribution in [-0.4, -0.2) is 26.5 Å². The number of imidazole rings is 1. The summed E-state index contributed by atoms with van der Waals surface area (Å²) in [6.45, 7) is 0.722. The van der Waals surface area contributed by atoms with Crippen molar-refractivity contribution in [3.63, 3.8) is 0 Å². The molecule has 2 heterocycles. The van der Waals surface area contributed by atoms with Crippen molar-refractivity contribution in [3.05, 3.63) is 42.5 Å². The fraction of sp³-hybridized carbons (Fsp3) is 0.154. The zero-order valence-electron chi connectivity index (χ0n) is 10.3. The molecular formula is C13H14N6. The molecule has 0 unspecified atom stereocenters. The van der Waals surface area contributed by atoms with Gasteiger partial charge in [-0.1, -0.05) is 12.1 Å². The summed E-state index contributed by atoms with van der Waals surface area (Å²) in [5.74, 6) is 1.04. The lowest BCUT2D eigenvalue weighted by atomic mass is 10.3. The minimum Gasteiger partial charge on any atom is -0.381 e. The molecule has 3 aromatic rings. The first-order chi connectivity index (χ1) is 9.33. The average molecular weight is 254 g/mol. The third-order valence-electron chi connectivity index (χ3n) is 2.84. The van der Waals surface area contributed by atoms with Crippen molar-refractivity contribution in [2.75, 3.05) is 17.6 Å². The van der Waals surface area contributed by atoms with Gasteiger partial charge in [-0.2, -0.15) is 0 Å². The number of nitrogens with zero attached hydrogens (tertiary/aromatic N) is 3. The van der Waals surface area contributed by atoms with E-state index in [4.69, 9.17) is 5.73 Å². The van der Waals surface area contributed by atoms with Crippen LogP contribution < -0.4 is 11.1 Å². The number of nitrogens with two attached hydrogens (primary N) is 1. The molecule has 6 heteroatoms. The lowest BCUT2D eigenvalue weighted by Gasteiger charge is -2.08. The standard InChI is InChI=1S/C13H14N6/c14-12-13(16-6-5-9-7-15-8-17-9)19-11-4-2-1-3-10(11)18-12/h1-4,7-8H,5-6H2,(H2,14,18)(H,15,17)(H,16,19). The van der Waals surface area contributed by atoms with Gasteiger partial charge < -0.3 is 16.0 Å². The Kier molecular flexibility index (Phi) is 2.97. The highest BCUT2D eigenvalue weighted by molar-refractivity contribution is 5.79. The summed E-state index contributed by atoms with van der Waals surface area (Å²) in [4.78, 5) is 15.8. The minimum atomic E-state index is 0.420. The Morgan fingerprint density at radius 3 is 2.68 bits per heavy atom. The summed E-state index contributed by atoms with van der Waals surface area (Å²) in [5, 5.41) is 3.20. The number of rotatable bonds is 4. The highest BCUT2D eigenvalue weighted by atomic mass is 15.1. The van der Waals surface area contributed by atoms with Crippen LogP contribution >= 0.6 is 0 Å². The van der Waals surface area contributed by atoms with E-state index >= 15 is 0 Å². The molecule has 3 rings (SSSR count). The molecule has 19 heavy (non-hydrogen) atoms. The second-order valence-corrected chi connectivity index (χ2v) is 4.20. The Morgan fingerprint density at radius 2 is 1.95 bits per heavy atom. The highest BCUT2D eigenvalue weighted by Gasteiger charge is 2.05. The van der Waals surface area contributed by atoms with Crippen LogP contribution in [0.15, 0.2) is 36.8 Å². The monoisotopic (exact) mass is 254 g/mol. The number of nitrogen functional groups attached to an aromatic ring is 1. The second kappa shape index (κ2) is 4.93. The van der Waals surface area contributed by atoms with E-state index in [1.54, 1.807) is 12.5 Å². The molecule has 0 saturated carbocycles. The molecule has 0 amide bonds. The molecule has 0 atom stereocenters. The van der Waals surface area contributed by atoms with Crippen molar-refractivity contribution < 1.29 is 0 Å². The Labute approximate surface area is 110 Å². The van der Waals surface area contributed by atoms with Gasteiger partial charge in [0.1, 0.15) is 0 Å². The van der Waals surface area contributed by atoms with Crippen molar-refractivity contribution in [3.8, 4) is 0 Å².